The molecule has 0 aromatic heterocycles. The first kappa shape index (κ1) is 28.3. The van der Waals surface area contributed by atoms with Crippen molar-refractivity contribution in [2.45, 2.75) is 25.2 Å². The van der Waals surface area contributed by atoms with Gasteiger partial charge < -0.3 is 15.2 Å². The van der Waals surface area contributed by atoms with Gasteiger partial charge in [0.2, 0.25) is 0 Å². The SMILES string of the molecule is CCOc1c(Cl)cccc1NC(=O)c1cc2ccccc2c(N=Nc2cc(CC)c(Cl)cc2S(=O)(=O)O)c1O. The van der Waals surface area contributed by atoms with Crippen molar-refractivity contribution in [1.29, 1.82) is 0 Å². The molecular weight excluding hydrogens is 565 g/mol. The second-order valence-electron chi connectivity index (χ2n) is 8.29. The van der Waals surface area contributed by atoms with E-state index in [-0.39, 0.29) is 27.7 Å². The first-order valence-corrected chi connectivity index (χ1v) is 13.9. The van der Waals surface area contributed by atoms with Crippen LogP contribution in [0.3, 0.4) is 0 Å². The van der Waals surface area contributed by atoms with Crippen LogP contribution in [-0.4, -0.2) is 30.6 Å². The van der Waals surface area contributed by atoms with Gasteiger partial charge in [0.25, 0.3) is 16.0 Å². The predicted molar refractivity (Wildman–Crippen MR) is 151 cm³/mol. The lowest BCUT2D eigenvalue weighted by atomic mass is 10.0. The number of benzene rings is 4. The zero-order valence-electron chi connectivity index (χ0n) is 20.8. The van der Waals surface area contributed by atoms with Crippen molar-refractivity contribution in [1.82, 2.24) is 0 Å². The van der Waals surface area contributed by atoms with Crippen LogP contribution in [0, 0.1) is 0 Å². The third-order valence-corrected chi connectivity index (χ3v) is 7.32. The number of aryl methyl sites for hydroxylation is 1. The van der Waals surface area contributed by atoms with Gasteiger partial charge >= 0.3 is 0 Å². The average molecular weight is 588 g/mol. The summed E-state index contributed by atoms with van der Waals surface area (Å²) in [6.45, 7) is 3.90. The van der Waals surface area contributed by atoms with Crippen LogP contribution in [0.5, 0.6) is 11.5 Å². The number of phenolic OH excluding ortho intramolecular Hbond substituents is 1. The molecule has 3 N–H and O–H groups in total. The Morgan fingerprint density at radius 1 is 1.00 bits per heavy atom. The topological polar surface area (TPSA) is 138 Å². The summed E-state index contributed by atoms with van der Waals surface area (Å²) < 4.78 is 39.2. The molecule has 4 aromatic rings. The van der Waals surface area contributed by atoms with E-state index in [0.29, 0.717) is 40.1 Å². The normalized spacial score (nSPS) is 11.7. The van der Waals surface area contributed by atoms with Crippen molar-refractivity contribution in [3.05, 3.63) is 81.8 Å². The zero-order chi connectivity index (χ0) is 28.3. The Balaban J connectivity index is 1.84. The monoisotopic (exact) mass is 587 g/mol. The summed E-state index contributed by atoms with van der Waals surface area (Å²) in [6, 6.07) is 15.7. The van der Waals surface area contributed by atoms with Crippen LogP contribution in [0.4, 0.5) is 17.1 Å². The van der Waals surface area contributed by atoms with E-state index in [9.17, 15) is 22.9 Å². The van der Waals surface area contributed by atoms with E-state index in [4.69, 9.17) is 27.9 Å². The molecule has 0 bridgehead atoms. The van der Waals surface area contributed by atoms with Crippen LogP contribution in [-0.2, 0) is 16.5 Å². The highest BCUT2D eigenvalue weighted by atomic mass is 35.5. The minimum atomic E-state index is -4.69. The van der Waals surface area contributed by atoms with Gasteiger partial charge in [-0.3, -0.25) is 9.35 Å². The molecule has 4 aromatic carbocycles. The number of azo groups is 1. The van der Waals surface area contributed by atoms with Gasteiger partial charge in [0.15, 0.2) is 11.5 Å². The van der Waals surface area contributed by atoms with Gasteiger partial charge in [-0.05, 0) is 54.6 Å². The fourth-order valence-electron chi connectivity index (χ4n) is 3.93. The Kier molecular flexibility index (Phi) is 8.41. The third kappa shape index (κ3) is 5.99. The largest absolute Gasteiger partial charge is 0.505 e. The van der Waals surface area contributed by atoms with Crippen molar-refractivity contribution < 1.29 is 27.6 Å². The average Bonchev–Trinajstić information content (AvgIpc) is 2.89. The molecule has 0 saturated carbocycles. The molecule has 0 aliphatic carbocycles. The van der Waals surface area contributed by atoms with E-state index >= 15 is 0 Å². The number of para-hydroxylation sites is 1. The molecular formula is C27H23Cl2N3O6S. The first-order valence-electron chi connectivity index (χ1n) is 11.7. The second kappa shape index (κ2) is 11.6. The summed E-state index contributed by atoms with van der Waals surface area (Å²) in [5, 5.41) is 23.5. The Morgan fingerprint density at radius 3 is 2.44 bits per heavy atom. The van der Waals surface area contributed by atoms with Gasteiger partial charge in [-0.2, -0.15) is 8.42 Å². The van der Waals surface area contributed by atoms with E-state index < -0.39 is 26.7 Å². The summed E-state index contributed by atoms with van der Waals surface area (Å²) in [4.78, 5) is 12.8. The van der Waals surface area contributed by atoms with Crippen LogP contribution in [0.25, 0.3) is 10.8 Å². The Bertz CT molecular complexity index is 1720. The second-order valence-corrected chi connectivity index (χ2v) is 10.5. The van der Waals surface area contributed by atoms with Gasteiger partial charge in [-0.15, -0.1) is 10.2 Å². The standard InChI is InChI=1S/C27H23Cl2N3O6S/c1-3-15-13-22(23(14-20(15)29)39(35,36)37)31-32-24-17-9-6-5-8-16(17)12-18(25(24)33)27(34)30-21-11-7-10-19(28)26(21)38-4-2/h5-14,33H,3-4H2,1-2H3,(H,30,34)(H,35,36,37). The van der Waals surface area contributed by atoms with Crippen molar-refractivity contribution in [3.63, 3.8) is 0 Å². The number of ether oxygens (including phenoxy) is 1. The molecule has 0 aliphatic rings. The number of nitrogens with zero attached hydrogens (tertiary/aromatic N) is 2. The Morgan fingerprint density at radius 2 is 1.74 bits per heavy atom. The number of phenols is 1. The highest BCUT2D eigenvalue weighted by molar-refractivity contribution is 7.86. The molecule has 0 radical (unpaired) electrons. The fraction of sp³-hybridized carbons (Fsp3) is 0.148. The molecule has 0 heterocycles. The summed E-state index contributed by atoms with van der Waals surface area (Å²) in [6.07, 6.45) is 0.462. The highest BCUT2D eigenvalue weighted by Gasteiger charge is 2.22. The molecule has 0 aliphatic heterocycles. The van der Waals surface area contributed by atoms with Crippen LogP contribution in [0.2, 0.25) is 10.0 Å². The predicted octanol–water partition coefficient (Wildman–Crippen LogP) is 7.73. The van der Waals surface area contributed by atoms with Gasteiger partial charge in [0, 0.05) is 10.4 Å². The summed E-state index contributed by atoms with van der Waals surface area (Å²) in [5.41, 5.74) is 0.495. The van der Waals surface area contributed by atoms with Gasteiger partial charge in [-0.25, -0.2) is 0 Å². The van der Waals surface area contributed by atoms with E-state index in [2.05, 4.69) is 15.5 Å². The maximum Gasteiger partial charge on any atom is 0.296 e. The minimum absolute atomic E-state index is 0.0799. The number of hydrogen-bond acceptors (Lipinski definition) is 7. The van der Waals surface area contributed by atoms with Crippen LogP contribution >= 0.6 is 23.2 Å². The number of fused-ring (bicyclic) bond motifs is 1. The smallest absolute Gasteiger partial charge is 0.296 e. The van der Waals surface area contributed by atoms with Gasteiger partial charge in [-0.1, -0.05) is 60.5 Å². The minimum Gasteiger partial charge on any atom is -0.505 e. The number of rotatable bonds is 8. The lowest BCUT2D eigenvalue weighted by molar-refractivity contribution is 0.102. The molecule has 0 saturated heterocycles. The van der Waals surface area contributed by atoms with E-state index in [1.807, 2.05) is 6.92 Å². The number of halogens is 2. The molecule has 0 atom stereocenters. The van der Waals surface area contributed by atoms with Crippen LogP contribution in [0.15, 0.2) is 75.8 Å². The Hall–Kier alpha value is -3.70. The van der Waals surface area contributed by atoms with E-state index in [1.54, 1.807) is 49.4 Å². The molecule has 0 fully saturated rings. The molecule has 1 amide bonds. The number of anilines is 1. The molecule has 202 valence electrons. The molecule has 12 heteroatoms. The summed E-state index contributed by atoms with van der Waals surface area (Å²) >= 11 is 12.4. The summed E-state index contributed by atoms with van der Waals surface area (Å²) in [5.74, 6) is -0.883. The van der Waals surface area contributed by atoms with Crippen molar-refractivity contribution in [3.8, 4) is 11.5 Å². The third-order valence-electron chi connectivity index (χ3n) is 5.79. The van der Waals surface area contributed by atoms with E-state index in [1.165, 1.54) is 12.1 Å². The lowest BCUT2D eigenvalue weighted by Crippen LogP contribution is -2.13. The van der Waals surface area contributed by atoms with Crippen molar-refractivity contribution in [2.24, 2.45) is 10.2 Å². The fourth-order valence-corrected chi connectivity index (χ4v) is 5.15. The van der Waals surface area contributed by atoms with Crippen molar-refractivity contribution >= 4 is 67.1 Å². The molecule has 39 heavy (non-hydrogen) atoms. The molecule has 0 unspecified atom stereocenters. The number of hydrogen-bond donors (Lipinski definition) is 3. The maximum absolute atomic E-state index is 13.3. The number of nitrogens with one attached hydrogen (secondary N) is 1. The summed E-state index contributed by atoms with van der Waals surface area (Å²) in [7, 11) is -4.69. The number of aromatic hydroxyl groups is 1. The quantitative estimate of drug-likeness (QED) is 0.142. The lowest BCUT2D eigenvalue weighted by Gasteiger charge is -2.14. The number of carbonyl (C=O) groups excluding carboxylic acids is 1. The first-order chi connectivity index (χ1) is 18.5. The van der Waals surface area contributed by atoms with Gasteiger partial charge in [0.05, 0.1) is 22.9 Å². The van der Waals surface area contributed by atoms with Crippen LogP contribution in [0.1, 0.15) is 29.8 Å². The number of carbonyl (C=O) groups is 1. The molecule has 0 spiro atoms. The maximum atomic E-state index is 13.3. The van der Waals surface area contributed by atoms with E-state index in [0.717, 1.165) is 6.07 Å². The molecule has 9 nitrogen and oxygen atoms in total. The van der Waals surface area contributed by atoms with Crippen molar-refractivity contribution in [2.75, 3.05) is 11.9 Å². The Labute approximate surface area is 234 Å². The molecule has 4 rings (SSSR count). The highest BCUT2D eigenvalue weighted by Crippen LogP contribution is 2.41. The number of amides is 1. The van der Waals surface area contributed by atoms with Gasteiger partial charge in [0.1, 0.15) is 16.3 Å². The van der Waals surface area contributed by atoms with Crippen LogP contribution < -0.4 is 10.1 Å². The zero-order valence-corrected chi connectivity index (χ0v) is 23.1.